The molecule has 0 saturated carbocycles. The van der Waals surface area contributed by atoms with E-state index in [-0.39, 0.29) is 5.56 Å². The highest BCUT2D eigenvalue weighted by molar-refractivity contribution is 5.89. The Balaban J connectivity index is 2.40. The molecule has 1 atom stereocenters. The summed E-state index contributed by atoms with van der Waals surface area (Å²) in [5, 5.41) is 11.5. The lowest BCUT2D eigenvalue weighted by Gasteiger charge is -2.00. The van der Waals surface area contributed by atoms with Gasteiger partial charge in [0.1, 0.15) is 5.75 Å². The van der Waals surface area contributed by atoms with Crippen LogP contribution in [-0.2, 0) is 0 Å². The largest absolute Gasteiger partial charge is 0.478 e. The number of nitrogens with one attached hydrogen (secondary N) is 1. The second-order valence-electron chi connectivity index (χ2n) is 2.70. The fraction of sp³-hybridized carbons (Fsp3) is 0.125. The second-order valence-corrected chi connectivity index (χ2v) is 2.70. The van der Waals surface area contributed by atoms with Gasteiger partial charge in [-0.05, 0) is 18.2 Å². The van der Waals surface area contributed by atoms with Crippen molar-refractivity contribution >= 4 is 11.7 Å². The third-order valence-corrected chi connectivity index (χ3v) is 1.78. The van der Waals surface area contributed by atoms with Gasteiger partial charge in [0, 0.05) is 0 Å². The average Bonchev–Trinajstić information content (AvgIpc) is 2.42. The predicted octanol–water partition coefficient (Wildman–Crippen LogP) is 0.431. The first-order valence-electron chi connectivity index (χ1n) is 3.73. The standard InChI is InChI=1S/C8H8N2O3/c9-8-10-5-3-4(7(11)12)1-2-6(5)13-8/h1-3,8,10H,9H2,(H,11,12). The van der Waals surface area contributed by atoms with Crippen molar-refractivity contribution in [2.24, 2.45) is 5.73 Å². The molecule has 0 spiro atoms. The van der Waals surface area contributed by atoms with Crippen molar-refractivity contribution in [3.05, 3.63) is 23.8 Å². The van der Waals surface area contributed by atoms with Gasteiger partial charge in [-0.25, -0.2) is 4.79 Å². The van der Waals surface area contributed by atoms with Crippen molar-refractivity contribution in [2.75, 3.05) is 5.32 Å². The molecule has 13 heavy (non-hydrogen) atoms. The Bertz CT molecular complexity index is 364. The highest BCUT2D eigenvalue weighted by atomic mass is 16.5. The first-order chi connectivity index (χ1) is 6.16. The van der Waals surface area contributed by atoms with E-state index in [9.17, 15) is 4.79 Å². The van der Waals surface area contributed by atoms with Gasteiger partial charge in [-0.15, -0.1) is 0 Å². The molecule has 1 aromatic carbocycles. The molecule has 0 saturated heterocycles. The molecule has 1 aliphatic rings. The van der Waals surface area contributed by atoms with Crippen LogP contribution in [-0.4, -0.2) is 17.4 Å². The van der Waals surface area contributed by atoms with Gasteiger partial charge in [-0.2, -0.15) is 0 Å². The van der Waals surface area contributed by atoms with E-state index in [1.807, 2.05) is 0 Å². The Labute approximate surface area is 74.1 Å². The van der Waals surface area contributed by atoms with Gasteiger partial charge in [0.25, 0.3) is 0 Å². The number of fused-ring (bicyclic) bond motifs is 1. The summed E-state index contributed by atoms with van der Waals surface area (Å²) in [4.78, 5) is 10.6. The number of carboxylic acid groups (broad SMARTS) is 1. The third-order valence-electron chi connectivity index (χ3n) is 1.78. The molecule has 1 aliphatic heterocycles. The number of hydrogen-bond donors (Lipinski definition) is 3. The average molecular weight is 180 g/mol. The fourth-order valence-electron chi connectivity index (χ4n) is 1.20. The third kappa shape index (κ3) is 1.29. The highest BCUT2D eigenvalue weighted by Gasteiger charge is 2.19. The maximum atomic E-state index is 10.6. The van der Waals surface area contributed by atoms with E-state index in [4.69, 9.17) is 15.6 Å². The van der Waals surface area contributed by atoms with Crippen LogP contribution in [0.1, 0.15) is 10.4 Å². The molecule has 1 aromatic rings. The van der Waals surface area contributed by atoms with Crippen LogP contribution in [0.2, 0.25) is 0 Å². The Hall–Kier alpha value is -1.75. The van der Waals surface area contributed by atoms with Crippen molar-refractivity contribution in [3.63, 3.8) is 0 Å². The van der Waals surface area contributed by atoms with E-state index < -0.39 is 12.3 Å². The molecular formula is C8H8N2O3. The van der Waals surface area contributed by atoms with Crippen LogP contribution in [0.3, 0.4) is 0 Å². The van der Waals surface area contributed by atoms with Gasteiger partial charge in [-0.1, -0.05) is 0 Å². The normalized spacial score (nSPS) is 18.7. The second kappa shape index (κ2) is 2.63. The van der Waals surface area contributed by atoms with Crippen molar-refractivity contribution in [2.45, 2.75) is 6.35 Å². The number of ether oxygens (including phenoxy) is 1. The predicted molar refractivity (Wildman–Crippen MR) is 45.6 cm³/mol. The Morgan fingerprint density at radius 1 is 1.62 bits per heavy atom. The van der Waals surface area contributed by atoms with Gasteiger partial charge in [0.2, 0.25) is 6.35 Å². The topological polar surface area (TPSA) is 84.6 Å². The molecule has 0 aromatic heterocycles. The summed E-state index contributed by atoms with van der Waals surface area (Å²) in [7, 11) is 0. The van der Waals surface area contributed by atoms with Crippen molar-refractivity contribution in [1.29, 1.82) is 0 Å². The number of anilines is 1. The van der Waals surface area contributed by atoms with E-state index in [0.717, 1.165) is 0 Å². The zero-order valence-corrected chi connectivity index (χ0v) is 6.65. The minimum Gasteiger partial charge on any atom is -0.478 e. The fourth-order valence-corrected chi connectivity index (χ4v) is 1.20. The van der Waals surface area contributed by atoms with Gasteiger partial charge in [0.05, 0.1) is 11.3 Å². The number of carboxylic acids is 1. The zero-order chi connectivity index (χ0) is 9.42. The summed E-state index contributed by atoms with van der Waals surface area (Å²) < 4.78 is 5.12. The number of carbonyl (C=O) groups is 1. The van der Waals surface area contributed by atoms with Gasteiger partial charge in [-0.3, -0.25) is 5.73 Å². The summed E-state index contributed by atoms with van der Waals surface area (Å²) in [5.74, 6) is -0.387. The van der Waals surface area contributed by atoms with Crippen LogP contribution in [0.15, 0.2) is 18.2 Å². The molecule has 0 amide bonds. The molecule has 0 aliphatic carbocycles. The number of hydrogen-bond acceptors (Lipinski definition) is 4. The number of benzene rings is 1. The molecule has 1 unspecified atom stereocenters. The molecule has 5 heteroatoms. The number of rotatable bonds is 1. The maximum absolute atomic E-state index is 10.6. The van der Waals surface area contributed by atoms with Crippen molar-refractivity contribution < 1.29 is 14.6 Å². The molecule has 1 heterocycles. The molecule has 4 N–H and O–H groups in total. The van der Waals surface area contributed by atoms with Crippen LogP contribution in [0.4, 0.5) is 5.69 Å². The van der Waals surface area contributed by atoms with Crippen LogP contribution < -0.4 is 15.8 Å². The molecule has 2 rings (SSSR count). The summed E-state index contributed by atoms with van der Waals surface area (Å²) in [6.45, 7) is 0. The molecule has 5 nitrogen and oxygen atoms in total. The molecule has 0 bridgehead atoms. The Morgan fingerprint density at radius 2 is 2.38 bits per heavy atom. The van der Waals surface area contributed by atoms with Crippen LogP contribution in [0, 0.1) is 0 Å². The number of nitrogens with two attached hydrogens (primary N) is 1. The Morgan fingerprint density at radius 3 is 3.08 bits per heavy atom. The van der Waals surface area contributed by atoms with Gasteiger partial charge >= 0.3 is 5.97 Å². The van der Waals surface area contributed by atoms with Gasteiger partial charge < -0.3 is 15.2 Å². The van der Waals surface area contributed by atoms with E-state index in [0.29, 0.717) is 11.4 Å². The first-order valence-corrected chi connectivity index (χ1v) is 3.73. The molecule has 0 fully saturated rings. The summed E-state index contributed by atoms with van der Waals surface area (Å²) in [6.07, 6.45) is -0.584. The molecular weight excluding hydrogens is 172 g/mol. The van der Waals surface area contributed by atoms with Gasteiger partial charge in [0.15, 0.2) is 0 Å². The monoisotopic (exact) mass is 180 g/mol. The van der Waals surface area contributed by atoms with E-state index in [1.54, 1.807) is 6.07 Å². The first kappa shape index (κ1) is 7.88. The smallest absolute Gasteiger partial charge is 0.335 e. The lowest BCUT2D eigenvalue weighted by Crippen LogP contribution is -2.30. The van der Waals surface area contributed by atoms with Crippen LogP contribution >= 0.6 is 0 Å². The van der Waals surface area contributed by atoms with Crippen LogP contribution in [0.25, 0.3) is 0 Å². The Kier molecular flexibility index (Phi) is 1.60. The summed E-state index contributed by atoms with van der Waals surface area (Å²) in [6, 6.07) is 4.55. The lowest BCUT2D eigenvalue weighted by atomic mass is 10.2. The van der Waals surface area contributed by atoms with Crippen LogP contribution in [0.5, 0.6) is 5.75 Å². The minimum atomic E-state index is -0.968. The van der Waals surface area contributed by atoms with Crippen molar-refractivity contribution in [1.82, 2.24) is 0 Å². The molecule has 68 valence electrons. The van der Waals surface area contributed by atoms with E-state index >= 15 is 0 Å². The quantitative estimate of drug-likeness (QED) is 0.583. The van der Waals surface area contributed by atoms with E-state index in [1.165, 1.54) is 12.1 Å². The van der Waals surface area contributed by atoms with E-state index in [2.05, 4.69) is 5.32 Å². The highest BCUT2D eigenvalue weighted by Crippen LogP contribution is 2.31. The van der Waals surface area contributed by atoms with Crippen molar-refractivity contribution in [3.8, 4) is 5.75 Å². The SMILES string of the molecule is NC1Nc2cc(C(=O)O)ccc2O1. The maximum Gasteiger partial charge on any atom is 0.335 e. The summed E-state index contributed by atoms with van der Waals surface area (Å²) >= 11 is 0. The lowest BCUT2D eigenvalue weighted by molar-refractivity contribution is 0.0697. The summed E-state index contributed by atoms with van der Waals surface area (Å²) in [5.41, 5.74) is 6.26. The number of aromatic carboxylic acids is 1. The molecule has 0 radical (unpaired) electrons. The zero-order valence-electron chi connectivity index (χ0n) is 6.65. The minimum absolute atomic E-state index is 0.212.